The molecule has 0 amide bonds. The molecule has 0 heterocycles. The minimum absolute atomic E-state index is 0.00153. The predicted octanol–water partition coefficient (Wildman–Crippen LogP) is 3.44. The number of carbonyl (C=O) groups excluding carboxylic acids is 2. The van der Waals surface area contributed by atoms with Gasteiger partial charge in [-0.05, 0) is 34.4 Å². The predicted molar refractivity (Wildman–Crippen MR) is 184 cm³/mol. The zero-order valence-electron chi connectivity index (χ0n) is 26.5. The number of rotatable bonds is 7. The standard InChI is InChI=1S/C34H30N4O10S2/c1-47-29-15-19(11-13-25(29)33(49(41,42)43)17-27(37-35)31(39)21-7-3-5-9-23(21)33)20-12-14-26(30(16-20)48-2)34(50(44,45)46)18-28(38-36)32(40)22-8-4-6-10-24(22)34/h3-16H,17-18,35-36H2,1-2H3,(H,41,42,43)(H,44,45,46). The summed E-state index contributed by atoms with van der Waals surface area (Å²) in [5.74, 6) is 9.88. The molecule has 2 aliphatic rings. The lowest BCUT2D eigenvalue weighted by molar-refractivity contribution is 0.104. The van der Waals surface area contributed by atoms with Crippen LogP contribution in [-0.2, 0) is 29.7 Å². The number of carbonyl (C=O) groups is 2. The molecule has 2 atom stereocenters. The summed E-state index contributed by atoms with van der Waals surface area (Å²) in [5, 5.41) is 7.09. The van der Waals surface area contributed by atoms with Crippen molar-refractivity contribution in [2.24, 2.45) is 21.9 Å². The van der Waals surface area contributed by atoms with Crippen LogP contribution in [-0.4, -0.2) is 63.2 Å². The van der Waals surface area contributed by atoms with E-state index in [1.807, 2.05) is 0 Å². The first-order valence-corrected chi connectivity index (χ1v) is 17.7. The molecule has 0 aliphatic heterocycles. The number of ketones is 2. The van der Waals surface area contributed by atoms with Crippen molar-refractivity contribution in [1.29, 1.82) is 0 Å². The van der Waals surface area contributed by atoms with Crippen LogP contribution < -0.4 is 21.2 Å². The van der Waals surface area contributed by atoms with Crippen LogP contribution in [0.25, 0.3) is 11.1 Å². The summed E-state index contributed by atoms with van der Waals surface area (Å²) in [5.41, 5.74) is 0.359. The number of fused-ring (bicyclic) bond motifs is 2. The molecule has 2 aliphatic carbocycles. The topological polar surface area (TPSA) is 238 Å². The quantitative estimate of drug-likeness (QED) is 0.122. The fraction of sp³-hybridized carbons (Fsp3) is 0.176. The van der Waals surface area contributed by atoms with Crippen LogP contribution in [0.3, 0.4) is 0 Å². The van der Waals surface area contributed by atoms with Crippen LogP contribution in [0.5, 0.6) is 11.5 Å². The number of hydrazone groups is 2. The van der Waals surface area contributed by atoms with Crippen molar-refractivity contribution in [3.8, 4) is 22.6 Å². The lowest BCUT2D eigenvalue weighted by atomic mass is 9.75. The molecular formula is C34H30N4O10S2. The number of benzene rings is 4. The molecule has 0 fully saturated rings. The fourth-order valence-electron chi connectivity index (χ4n) is 7.04. The molecule has 4 aromatic carbocycles. The Balaban J connectivity index is 1.55. The molecule has 0 radical (unpaired) electrons. The Bertz CT molecular complexity index is 2230. The van der Waals surface area contributed by atoms with Crippen molar-refractivity contribution in [3.05, 3.63) is 118 Å². The van der Waals surface area contributed by atoms with Gasteiger partial charge >= 0.3 is 0 Å². The average molecular weight is 719 g/mol. The highest BCUT2D eigenvalue weighted by Crippen LogP contribution is 2.51. The highest BCUT2D eigenvalue weighted by Gasteiger charge is 2.56. The molecule has 258 valence electrons. The van der Waals surface area contributed by atoms with E-state index in [1.165, 1.54) is 74.9 Å². The van der Waals surface area contributed by atoms with Crippen molar-refractivity contribution in [1.82, 2.24) is 0 Å². The number of Topliss-reactive ketones (excluding diaryl/α,β-unsaturated/α-hetero) is 2. The Labute approximate surface area is 286 Å². The molecule has 50 heavy (non-hydrogen) atoms. The normalized spacial score (nSPS) is 22.2. The smallest absolute Gasteiger partial charge is 0.279 e. The van der Waals surface area contributed by atoms with Gasteiger partial charge in [0, 0.05) is 35.1 Å². The molecule has 0 saturated heterocycles. The molecule has 6 rings (SSSR count). The zero-order valence-corrected chi connectivity index (χ0v) is 28.2. The third-order valence-electron chi connectivity index (χ3n) is 9.37. The van der Waals surface area contributed by atoms with E-state index in [-0.39, 0.29) is 56.3 Å². The number of nitrogens with two attached hydrogens (primary N) is 2. The fourth-order valence-corrected chi connectivity index (χ4v) is 9.48. The van der Waals surface area contributed by atoms with Crippen LogP contribution in [0.4, 0.5) is 0 Å². The van der Waals surface area contributed by atoms with E-state index in [4.69, 9.17) is 21.2 Å². The Hall–Kier alpha value is -5.42. The second-order valence-corrected chi connectivity index (χ2v) is 15.0. The molecule has 6 N–H and O–H groups in total. The van der Waals surface area contributed by atoms with Crippen molar-refractivity contribution >= 4 is 43.2 Å². The monoisotopic (exact) mass is 718 g/mol. The summed E-state index contributed by atoms with van der Waals surface area (Å²) in [6.07, 6.45) is -1.15. The van der Waals surface area contributed by atoms with Crippen molar-refractivity contribution in [2.45, 2.75) is 22.3 Å². The van der Waals surface area contributed by atoms with Crippen molar-refractivity contribution in [2.75, 3.05) is 14.2 Å². The van der Waals surface area contributed by atoms with Gasteiger partial charge in [0.2, 0.25) is 11.6 Å². The van der Waals surface area contributed by atoms with E-state index >= 15 is 0 Å². The van der Waals surface area contributed by atoms with Gasteiger partial charge < -0.3 is 21.2 Å². The van der Waals surface area contributed by atoms with E-state index in [1.54, 1.807) is 24.3 Å². The van der Waals surface area contributed by atoms with E-state index in [2.05, 4.69) is 10.2 Å². The molecule has 16 heteroatoms. The second-order valence-electron chi connectivity index (χ2n) is 11.7. The first-order chi connectivity index (χ1) is 23.7. The summed E-state index contributed by atoms with van der Waals surface area (Å²) in [6, 6.07) is 20.8. The van der Waals surface area contributed by atoms with Crippen molar-refractivity contribution in [3.63, 3.8) is 0 Å². The van der Waals surface area contributed by atoms with Gasteiger partial charge in [0.05, 0.1) is 14.2 Å². The first-order valence-electron chi connectivity index (χ1n) is 14.8. The third-order valence-corrected chi connectivity index (χ3v) is 12.3. The summed E-state index contributed by atoms with van der Waals surface area (Å²) in [4.78, 5) is 26.2. The maximum absolute atomic E-state index is 13.4. The summed E-state index contributed by atoms with van der Waals surface area (Å²) in [7, 11) is -7.45. The van der Waals surface area contributed by atoms with Gasteiger partial charge in [-0.3, -0.25) is 18.7 Å². The maximum Gasteiger partial charge on any atom is 0.279 e. The number of nitrogens with zero attached hydrogens (tertiary/aromatic N) is 2. The lowest BCUT2D eigenvalue weighted by Crippen LogP contribution is -2.46. The van der Waals surface area contributed by atoms with E-state index in [9.17, 15) is 35.5 Å². The Morgan fingerprint density at radius 2 is 0.960 bits per heavy atom. The zero-order chi connectivity index (χ0) is 36.2. The Morgan fingerprint density at radius 3 is 1.28 bits per heavy atom. The highest BCUT2D eigenvalue weighted by atomic mass is 32.2. The average Bonchev–Trinajstić information content (AvgIpc) is 3.11. The summed E-state index contributed by atoms with van der Waals surface area (Å²) in [6.45, 7) is 0. The molecule has 0 saturated carbocycles. The molecule has 2 unspecified atom stereocenters. The minimum Gasteiger partial charge on any atom is -0.496 e. The SMILES string of the molecule is COc1cc(-c2ccc(C3(S(=O)(=O)O)CC(=NN)C(=O)c4ccccc43)c(OC)c2)ccc1C1(S(=O)(=O)O)CC(=NN)C(=O)c2ccccc21. The summed E-state index contributed by atoms with van der Waals surface area (Å²) >= 11 is 0. The molecule has 0 bridgehead atoms. The molecule has 0 aromatic heterocycles. The molecular weight excluding hydrogens is 689 g/mol. The van der Waals surface area contributed by atoms with Gasteiger partial charge in [0.1, 0.15) is 22.9 Å². The van der Waals surface area contributed by atoms with Crippen LogP contribution >= 0.6 is 0 Å². The van der Waals surface area contributed by atoms with Crippen LogP contribution in [0.1, 0.15) is 55.8 Å². The van der Waals surface area contributed by atoms with Gasteiger partial charge in [-0.15, -0.1) is 0 Å². The Morgan fingerprint density at radius 1 is 0.600 bits per heavy atom. The third kappa shape index (κ3) is 4.90. The van der Waals surface area contributed by atoms with Gasteiger partial charge in [-0.25, -0.2) is 0 Å². The van der Waals surface area contributed by atoms with Crippen molar-refractivity contribution < 1.29 is 45.0 Å². The Kier molecular flexibility index (Phi) is 8.38. The van der Waals surface area contributed by atoms with Gasteiger partial charge in [-0.2, -0.15) is 27.0 Å². The largest absolute Gasteiger partial charge is 0.496 e. The van der Waals surface area contributed by atoms with Gasteiger partial charge in [-0.1, -0.05) is 72.8 Å². The highest BCUT2D eigenvalue weighted by molar-refractivity contribution is 7.87. The molecule has 4 aromatic rings. The molecule has 14 nitrogen and oxygen atoms in total. The second kappa shape index (κ2) is 12.2. The van der Waals surface area contributed by atoms with Crippen LogP contribution in [0.15, 0.2) is 95.1 Å². The van der Waals surface area contributed by atoms with Crippen LogP contribution in [0.2, 0.25) is 0 Å². The number of hydrogen-bond donors (Lipinski definition) is 4. The van der Waals surface area contributed by atoms with Crippen LogP contribution in [0, 0.1) is 0 Å². The number of ether oxygens (including phenoxy) is 2. The van der Waals surface area contributed by atoms with E-state index in [0.29, 0.717) is 11.1 Å². The van der Waals surface area contributed by atoms with E-state index < -0.39 is 54.1 Å². The first kappa shape index (κ1) is 34.4. The maximum atomic E-state index is 13.4. The number of methoxy groups -OCH3 is 2. The van der Waals surface area contributed by atoms with Gasteiger partial charge in [0.15, 0.2) is 9.49 Å². The lowest BCUT2D eigenvalue weighted by Gasteiger charge is -2.37. The number of hydrogen-bond acceptors (Lipinski definition) is 12. The van der Waals surface area contributed by atoms with E-state index in [0.717, 1.165) is 0 Å². The minimum atomic E-state index is -5.03. The van der Waals surface area contributed by atoms with Gasteiger partial charge in [0.25, 0.3) is 20.2 Å². The molecule has 0 spiro atoms. The summed E-state index contributed by atoms with van der Waals surface area (Å²) < 4.78 is 82.0.